The predicted octanol–water partition coefficient (Wildman–Crippen LogP) is -1.45. The van der Waals surface area contributed by atoms with Crippen molar-refractivity contribution in [3.8, 4) is 0 Å². The molecule has 0 aliphatic heterocycles. The van der Waals surface area contributed by atoms with Gasteiger partial charge in [0.15, 0.2) is 6.54 Å². The van der Waals surface area contributed by atoms with E-state index in [1.54, 1.807) is 23.3 Å². The molecule has 0 amide bonds. The molecule has 1 heterocycles. The number of carboxylic acid groups (broad SMARTS) is 1. The number of H-pyrrole nitrogens is 1. The third-order valence-corrected chi connectivity index (χ3v) is 0.920. The number of nitrogens with one attached hydrogen (secondary N) is 1. The fourth-order valence-corrected chi connectivity index (χ4v) is 0.575. The zero-order valence-electron chi connectivity index (χ0n) is 7.37. The van der Waals surface area contributed by atoms with Crippen LogP contribution in [0.4, 0.5) is 0 Å². The number of nitrogens with zero attached hydrogens (tertiary/aromatic N) is 1. The van der Waals surface area contributed by atoms with Gasteiger partial charge >= 0.3 is 5.97 Å². The third-order valence-electron chi connectivity index (χ3n) is 0.920. The van der Waals surface area contributed by atoms with E-state index >= 15 is 0 Å². The number of imidazole rings is 1. The van der Waals surface area contributed by atoms with Gasteiger partial charge in [0.2, 0.25) is 6.33 Å². The van der Waals surface area contributed by atoms with Crippen LogP contribution in [0.1, 0.15) is 0 Å². The van der Waals surface area contributed by atoms with E-state index in [0.717, 1.165) is 0 Å². The molecule has 1 aromatic rings. The van der Waals surface area contributed by atoms with Gasteiger partial charge in [-0.1, -0.05) is 0 Å². The van der Waals surface area contributed by atoms with E-state index in [-0.39, 0.29) is 6.54 Å². The van der Waals surface area contributed by atoms with Crippen molar-refractivity contribution in [3.63, 3.8) is 0 Å². The Kier molecular flexibility index (Phi) is 4.81. The van der Waals surface area contributed by atoms with Crippen molar-refractivity contribution in [2.24, 2.45) is 0 Å². The molecule has 0 aliphatic rings. The van der Waals surface area contributed by atoms with Crippen molar-refractivity contribution < 1.29 is 27.4 Å². The minimum Gasteiger partial charge on any atom is -0.748 e. The summed E-state index contributed by atoms with van der Waals surface area (Å²) in [6.07, 6.45) is 5.53. The normalized spacial score (nSPS) is 10.1. The molecule has 14 heavy (non-hydrogen) atoms. The fraction of sp³-hybridized carbons (Fsp3) is 0.333. The lowest BCUT2D eigenvalue weighted by atomic mass is 10.6. The SMILES string of the molecule is CS(=O)(=O)[O-].O=C(O)C[n+]1cc[nH]c1. The number of hydrogen-bond acceptors (Lipinski definition) is 4. The van der Waals surface area contributed by atoms with Crippen LogP contribution in [0.3, 0.4) is 0 Å². The molecule has 0 unspecified atom stereocenters. The number of carboxylic acids is 1. The van der Waals surface area contributed by atoms with Gasteiger partial charge in [-0.25, -0.2) is 17.8 Å². The van der Waals surface area contributed by atoms with Crippen LogP contribution in [-0.2, 0) is 21.5 Å². The molecule has 0 saturated carbocycles. The highest BCUT2D eigenvalue weighted by Gasteiger charge is 2.01. The van der Waals surface area contributed by atoms with Crippen LogP contribution in [0.2, 0.25) is 0 Å². The van der Waals surface area contributed by atoms with Crippen molar-refractivity contribution in [1.29, 1.82) is 0 Å². The molecule has 1 aromatic heterocycles. The van der Waals surface area contributed by atoms with Crippen LogP contribution in [0, 0.1) is 0 Å². The summed E-state index contributed by atoms with van der Waals surface area (Å²) in [6, 6.07) is 0. The molecule has 0 bridgehead atoms. The first-order valence-electron chi connectivity index (χ1n) is 3.43. The highest BCUT2D eigenvalue weighted by Crippen LogP contribution is 1.69. The lowest BCUT2D eigenvalue weighted by Gasteiger charge is -1.90. The van der Waals surface area contributed by atoms with E-state index in [1.165, 1.54) is 0 Å². The highest BCUT2D eigenvalue weighted by molar-refractivity contribution is 7.84. The monoisotopic (exact) mass is 222 g/mol. The van der Waals surface area contributed by atoms with Crippen LogP contribution in [0.25, 0.3) is 0 Å². The van der Waals surface area contributed by atoms with Crippen LogP contribution >= 0.6 is 0 Å². The van der Waals surface area contributed by atoms with Crippen LogP contribution in [-0.4, -0.2) is 35.3 Å². The topological polar surface area (TPSA) is 114 Å². The lowest BCUT2D eigenvalue weighted by Crippen LogP contribution is -2.34. The van der Waals surface area contributed by atoms with Gasteiger partial charge < -0.3 is 9.66 Å². The van der Waals surface area contributed by atoms with E-state index in [2.05, 4.69) is 4.98 Å². The average Bonchev–Trinajstić information content (AvgIpc) is 2.33. The maximum Gasteiger partial charge on any atom is 0.346 e. The van der Waals surface area contributed by atoms with Gasteiger partial charge in [0, 0.05) is 6.26 Å². The molecule has 0 aliphatic carbocycles. The lowest BCUT2D eigenvalue weighted by molar-refractivity contribution is -0.684. The zero-order valence-corrected chi connectivity index (χ0v) is 8.19. The van der Waals surface area contributed by atoms with Gasteiger partial charge in [-0.15, -0.1) is 0 Å². The Morgan fingerprint density at radius 2 is 2.14 bits per heavy atom. The van der Waals surface area contributed by atoms with Gasteiger partial charge in [-0.05, 0) is 0 Å². The Hall–Kier alpha value is -1.41. The van der Waals surface area contributed by atoms with Crippen molar-refractivity contribution >= 4 is 16.1 Å². The Bertz CT molecular complexity index is 361. The standard InChI is InChI=1S/C5H6N2O2.CH4O3S/c8-5(9)3-7-2-1-6-4-7;1-5(2,3)4/h1-2,4H,3H2,(H,8,9);1H3,(H,2,3,4). The molecule has 2 N–H and O–H groups in total. The van der Waals surface area contributed by atoms with Crippen molar-refractivity contribution in [1.82, 2.24) is 4.98 Å². The van der Waals surface area contributed by atoms with Gasteiger partial charge in [-0.2, -0.15) is 0 Å². The second kappa shape index (κ2) is 5.35. The number of aromatic nitrogens is 2. The number of aliphatic carboxylic acids is 1. The molecule has 0 atom stereocenters. The maximum absolute atomic E-state index is 10.0. The van der Waals surface area contributed by atoms with Crippen LogP contribution in [0.15, 0.2) is 18.7 Å². The first-order chi connectivity index (χ1) is 6.29. The first-order valence-corrected chi connectivity index (χ1v) is 5.25. The molecule has 0 aromatic carbocycles. The van der Waals surface area contributed by atoms with Crippen LogP contribution < -0.4 is 4.57 Å². The molecule has 0 radical (unpaired) electrons. The first kappa shape index (κ1) is 12.6. The molecule has 7 nitrogen and oxygen atoms in total. The highest BCUT2D eigenvalue weighted by atomic mass is 32.2. The predicted molar refractivity (Wildman–Crippen MR) is 44.2 cm³/mol. The maximum atomic E-state index is 10.0. The van der Waals surface area contributed by atoms with Crippen LogP contribution in [0.5, 0.6) is 0 Å². The van der Waals surface area contributed by atoms with E-state index in [0.29, 0.717) is 6.26 Å². The largest absolute Gasteiger partial charge is 0.748 e. The van der Waals surface area contributed by atoms with Gasteiger partial charge in [0.05, 0.1) is 10.1 Å². The Morgan fingerprint density at radius 3 is 2.43 bits per heavy atom. The smallest absolute Gasteiger partial charge is 0.346 e. The van der Waals surface area contributed by atoms with E-state index in [9.17, 15) is 4.79 Å². The average molecular weight is 222 g/mol. The summed E-state index contributed by atoms with van der Waals surface area (Å²) in [5, 5.41) is 8.25. The second-order valence-electron chi connectivity index (χ2n) is 2.38. The van der Waals surface area contributed by atoms with Gasteiger partial charge in [-0.3, -0.25) is 4.98 Å². The molecule has 1 rings (SSSR count). The summed E-state index contributed by atoms with van der Waals surface area (Å²) in [6.45, 7) is 0.0174. The summed E-state index contributed by atoms with van der Waals surface area (Å²) in [7, 11) is -3.92. The Balaban J connectivity index is 0.000000292. The van der Waals surface area contributed by atoms with Gasteiger partial charge in [0.25, 0.3) is 0 Å². The number of rotatable bonds is 2. The number of hydrogen-bond donors (Lipinski definition) is 2. The molecule has 0 spiro atoms. The zero-order chi connectivity index (χ0) is 11.2. The Labute approximate surface area is 80.8 Å². The van der Waals surface area contributed by atoms with Crippen molar-refractivity contribution in [2.75, 3.05) is 6.26 Å². The second-order valence-corrected chi connectivity index (χ2v) is 3.79. The van der Waals surface area contributed by atoms with E-state index < -0.39 is 16.1 Å². The summed E-state index contributed by atoms with van der Waals surface area (Å²) in [5.74, 6) is -0.834. The van der Waals surface area contributed by atoms with Crippen molar-refractivity contribution in [3.05, 3.63) is 18.7 Å². The molecular weight excluding hydrogens is 212 g/mol. The molecule has 80 valence electrons. The van der Waals surface area contributed by atoms with Gasteiger partial charge in [0.1, 0.15) is 12.4 Å². The number of aromatic amines is 1. The minimum absolute atomic E-state index is 0.0174. The molecular formula is C6H10N2O5S. The summed E-state index contributed by atoms with van der Waals surface area (Å²) >= 11 is 0. The summed E-state index contributed by atoms with van der Waals surface area (Å²) in [4.78, 5) is 12.8. The fourth-order valence-electron chi connectivity index (χ4n) is 0.575. The number of carbonyl (C=O) groups is 1. The summed E-state index contributed by atoms with van der Waals surface area (Å²) < 4.78 is 28.8. The summed E-state index contributed by atoms with van der Waals surface area (Å²) in [5.41, 5.74) is 0. The molecule has 0 saturated heterocycles. The van der Waals surface area contributed by atoms with E-state index in [1.807, 2.05) is 0 Å². The minimum atomic E-state index is -3.92. The van der Waals surface area contributed by atoms with Crippen molar-refractivity contribution in [2.45, 2.75) is 6.54 Å². The third kappa shape index (κ3) is 10.6. The van der Waals surface area contributed by atoms with E-state index in [4.69, 9.17) is 18.1 Å². The molecule has 0 fully saturated rings. The quantitative estimate of drug-likeness (QED) is 0.469. The Morgan fingerprint density at radius 1 is 1.64 bits per heavy atom. The molecule has 8 heteroatoms.